The lowest BCUT2D eigenvalue weighted by molar-refractivity contribution is -0.133. The molecule has 23 heavy (non-hydrogen) atoms. The minimum absolute atomic E-state index is 0.0393. The van der Waals surface area contributed by atoms with Gasteiger partial charge in [-0.1, -0.05) is 38.4 Å². The Morgan fingerprint density at radius 2 is 1.91 bits per heavy atom. The molecule has 1 rings (SSSR count). The zero-order chi connectivity index (χ0) is 17.8. The van der Waals surface area contributed by atoms with Crippen LogP contribution >= 0.6 is 11.6 Å². The molecule has 5 nitrogen and oxygen atoms in total. The Bertz CT molecular complexity index is 587. The number of hydrogen-bond acceptors (Lipinski definition) is 3. The minimum atomic E-state index is -0.789. The molecular weight excluding hydrogens is 323 g/mol. The average Bonchev–Trinajstić information content (AvgIpc) is 2.46. The lowest BCUT2D eigenvalue weighted by Crippen LogP contribution is -2.49. The zero-order valence-electron chi connectivity index (χ0n) is 13.6. The van der Waals surface area contributed by atoms with E-state index in [0.717, 1.165) is 6.07 Å². The summed E-state index contributed by atoms with van der Waals surface area (Å²) >= 11 is 5.61. The third kappa shape index (κ3) is 5.48. The zero-order valence-corrected chi connectivity index (χ0v) is 14.4. The van der Waals surface area contributed by atoms with Gasteiger partial charge in [0.2, 0.25) is 11.8 Å². The molecule has 0 aliphatic rings. The van der Waals surface area contributed by atoms with Gasteiger partial charge < -0.3 is 15.7 Å². The van der Waals surface area contributed by atoms with E-state index in [1.54, 1.807) is 20.8 Å². The molecule has 1 aromatic carbocycles. The van der Waals surface area contributed by atoms with Crippen LogP contribution < -0.4 is 10.6 Å². The van der Waals surface area contributed by atoms with Gasteiger partial charge in [0.1, 0.15) is 11.9 Å². The maximum Gasteiger partial charge on any atom is 0.242 e. The third-order valence-electron chi connectivity index (χ3n) is 3.27. The number of carbonyl (C=O) groups excluding carboxylic acids is 2. The van der Waals surface area contributed by atoms with E-state index in [1.807, 2.05) is 0 Å². The molecule has 3 N–H and O–H groups in total. The number of aliphatic hydroxyl groups is 1. The minimum Gasteiger partial charge on any atom is -0.394 e. The lowest BCUT2D eigenvalue weighted by atomic mass is 9.95. The summed E-state index contributed by atoms with van der Waals surface area (Å²) in [5.74, 6) is -1.37. The van der Waals surface area contributed by atoms with E-state index in [-0.39, 0.29) is 10.9 Å². The maximum atomic E-state index is 13.5. The van der Waals surface area contributed by atoms with Crippen molar-refractivity contribution in [3.8, 4) is 0 Å². The van der Waals surface area contributed by atoms with Gasteiger partial charge >= 0.3 is 0 Å². The van der Waals surface area contributed by atoms with E-state index >= 15 is 0 Å². The monoisotopic (exact) mass is 344 g/mol. The van der Waals surface area contributed by atoms with Crippen LogP contribution in [-0.4, -0.2) is 29.6 Å². The highest BCUT2D eigenvalue weighted by molar-refractivity contribution is 6.30. The summed E-state index contributed by atoms with van der Waals surface area (Å²) in [7, 11) is 0. The van der Waals surface area contributed by atoms with Crippen molar-refractivity contribution in [1.82, 2.24) is 10.6 Å². The van der Waals surface area contributed by atoms with Crippen LogP contribution in [0.25, 0.3) is 0 Å². The smallest absolute Gasteiger partial charge is 0.242 e. The number of aliphatic hydroxyl groups excluding tert-OH is 1. The highest BCUT2D eigenvalue weighted by Crippen LogP contribution is 2.20. The third-order valence-corrected chi connectivity index (χ3v) is 3.57. The van der Waals surface area contributed by atoms with Gasteiger partial charge in [-0.3, -0.25) is 9.59 Å². The fourth-order valence-corrected chi connectivity index (χ4v) is 1.86. The quantitative estimate of drug-likeness (QED) is 0.766. The summed E-state index contributed by atoms with van der Waals surface area (Å²) in [6, 6.07) is 2.45. The van der Waals surface area contributed by atoms with Crippen LogP contribution in [0.4, 0.5) is 4.39 Å². The van der Waals surface area contributed by atoms with Crippen LogP contribution in [0, 0.1) is 11.2 Å². The molecule has 0 aliphatic carbocycles. The summed E-state index contributed by atoms with van der Waals surface area (Å²) in [5.41, 5.74) is -0.235. The Balaban J connectivity index is 2.76. The number of nitrogens with one attached hydrogen (secondary N) is 2. The van der Waals surface area contributed by atoms with Gasteiger partial charge in [0.05, 0.1) is 17.7 Å². The molecule has 0 saturated heterocycles. The van der Waals surface area contributed by atoms with Gasteiger partial charge in [0, 0.05) is 5.41 Å². The normalized spacial score (nSPS) is 14.0. The first kappa shape index (κ1) is 19.4. The largest absolute Gasteiger partial charge is 0.394 e. The molecular formula is C16H22ClFN2O3. The van der Waals surface area contributed by atoms with Crippen LogP contribution in [0.1, 0.15) is 39.3 Å². The van der Waals surface area contributed by atoms with Crippen molar-refractivity contribution in [3.63, 3.8) is 0 Å². The first-order valence-electron chi connectivity index (χ1n) is 7.23. The molecule has 0 radical (unpaired) electrons. The Labute approximate surface area is 140 Å². The number of halogens is 2. The van der Waals surface area contributed by atoms with Gasteiger partial charge in [0.25, 0.3) is 0 Å². The Hall–Kier alpha value is -1.66. The molecule has 0 aliphatic heterocycles. The number of benzene rings is 1. The second-order valence-electron chi connectivity index (χ2n) is 6.36. The van der Waals surface area contributed by atoms with E-state index in [0.29, 0.717) is 5.56 Å². The highest BCUT2D eigenvalue weighted by atomic mass is 35.5. The lowest BCUT2D eigenvalue weighted by Gasteiger charge is -2.23. The van der Waals surface area contributed by atoms with E-state index in [2.05, 4.69) is 10.6 Å². The Kier molecular flexibility index (Phi) is 6.53. The van der Waals surface area contributed by atoms with Gasteiger partial charge in [-0.2, -0.15) is 0 Å². The number of carbonyl (C=O) groups is 2. The van der Waals surface area contributed by atoms with Gasteiger partial charge in [-0.25, -0.2) is 4.39 Å². The summed E-state index contributed by atoms with van der Waals surface area (Å²) in [4.78, 5) is 24.0. The average molecular weight is 345 g/mol. The molecule has 0 bridgehead atoms. The summed E-state index contributed by atoms with van der Waals surface area (Å²) in [6.45, 7) is 6.34. The van der Waals surface area contributed by atoms with Crippen LogP contribution in [-0.2, 0) is 9.59 Å². The van der Waals surface area contributed by atoms with Crippen molar-refractivity contribution in [1.29, 1.82) is 0 Å². The number of amides is 2. The van der Waals surface area contributed by atoms with Gasteiger partial charge in [0.15, 0.2) is 0 Å². The van der Waals surface area contributed by atoms with E-state index in [4.69, 9.17) is 11.6 Å². The molecule has 128 valence electrons. The Morgan fingerprint density at radius 3 is 2.39 bits per heavy atom. The van der Waals surface area contributed by atoms with Gasteiger partial charge in [-0.05, 0) is 24.6 Å². The fourth-order valence-electron chi connectivity index (χ4n) is 1.74. The van der Waals surface area contributed by atoms with Crippen molar-refractivity contribution in [2.24, 2.45) is 5.41 Å². The molecule has 2 atom stereocenters. The van der Waals surface area contributed by atoms with Crippen LogP contribution in [0.15, 0.2) is 18.2 Å². The van der Waals surface area contributed by atoms with E-state index < -0.39 is 35.8 Å². The molecule has 0 aromatic heterocycles. The van der Waals surface area contributed by atoms with Crippen LogP contribution in [0.3, 0.4) is 0 Å². The second kappa shape index (κ2) is 7.75. The predicted octanol–water partition coefficient (Wildman–Crippen LogP) is 2.18. The molecule has 2 amide bonds. The highest BCUT2D eigenvalue weighted by Gasteiger charge is 2.26. The molecule has 0 fully saturated rings. The van der Waals surface area contributed by atoms with E-state index in [1.165, 1.54) is 19.1 Å². The summed E-state index contributed by atoms with van der Waals surface area (Å²) in [6.07, 6.45) is 0. The van der Waals surface area contributed by atoms with Crippen LogP contribution in [0.2, 0.25) is 5.02 Å². The molecule has 2 unspecified atom stereocenters. The predicted molar refractivity (Wildman–Crippen MR) is 86.4 cm³/mol. The van der Waals surface area contributed by atoms with E-state index in [9.17, 15) is 19.1 Å². The van der Waals surface area contributed by atoms with Crippen molar-refractivity contribution in [2.75, 3.05) is 6.61 Å². The summed E-state index contributed by atoms with van der Waals surface area (Å²) < 4.78 is 13.5. The fraction of sp³-hybridized carbons (Fsp3) is 0.500. The van der Waals surface area contributed by atoms with Crippen molar-refractivity contribution < 1.29 is 19.1 Å². The van der Waals surface area contributed by atoms with Gasteiger partial charge in [-0.15, -0.1) is 0 Å². The van der Waals surface area contributed by atoms with Crippen LogP contribution in [0.5, 0.6) is 0 Å². The topological polar surface area (TPSA) is 78.4 Å². The molecule has 0 saturated carbocycles. The van der Waals surface area contributed by atoms with Crippen molar-refractivity contribution in [3.05, 3.63) is 34.6 Å². The Morgan fingerprint density at radius 1 is 1.30 bits per heavy atom. The molecule has 7 heteroatoms. The molecule has 1 aromatic rings. The second-order valence-corrected chi connectivity index (χ2v) is 6.77. The standard InChI is InChI=1S/C16H22ClFN2O3/c1-9(19-15(23)16(2,3)4)14(22)20-13(8-21)10-5-6-11(17)12(18)7-10/h5-7,9,13,21H,8H2,1-4H3,(H,19,23)(H,20,22). The maximum absolute atomic E-state index is 13.5. The number of rotatable bonds is 5. The van der Waals surface area contributed by atoms with Crippen molar-refractivity contribution >= 4 is 23.4 Å². The first-order chi connectivity index (χ1) is 10.6. The number of hydrogen-bond donors (Lipinski definition) is 3. The summed E-state index contributed by atoms with van der Waals surface area (Å²) in [5, 5.41) is 14.6. The SMILES string of the molecule is CC(NC(=O)C(C)(C)C)C(=O)NC(CO)c1ccc(Cl)c(F)c1. The molecule has 0 heterocycles. The molecule has 0 spiro atoms. The van der Waals surface area contributed by atoms with Crippen molar-refractivity contribution in [2.45, 2.75) is 39.8 Å². The first-order valence-corrected chi connectivity index (χ1v) is 7.61.